The molecule has 1 heterocycles. The molecule has 0 saturated carbocycles. The van der Waals surface area contributed by atoms with Crippen LogP contribution < -0.4 is 5.32 Å². The summed E-state index contributed by atoms with van der Waals surface area (Å²) in [6.07, 6.45) is -0.136. The van der Waals surface area contributed by atoms with Gasteiger partial charge in [-0.15, -0.1) is 0 Å². The Morgan fingerprint density at radius 3 is 2.72 bits per heavy atom. The third-order valence-electron chi connectivity index (χ3n) is 2.47. The van der Waals surface area contributed by atoms with Gasteiger partial charge in [0.25, 0.3) is 0 Å². The third-order valence-corrected chi connectivity index (χ3v) is 2.47. The van der Waals surface area contributed by atoms with E-state index in [1.807, 2.05) is 0 Å². The van der Waals surface area contributed by atoms with Crippen molar-refractivity contribution in [3.63, 3.8) is 0 Å². The molecule has 0 aliphatic carbocycles. The summed E-state index contributed by atoms with van der Waals surface area (Å²) in [5, 5.41) is 11.9. The van der Waals surface area contributed by atoms with E-state index in [1.54, 1.807) is 25.7 Å². The van der Waals surface area contributed by atoms with Gasteiger partial charge in [0, 0.05) is 19.6 Å². The molecule has 1 saturated heterocycles. The second-order valence-corrected chi connectivity index (χ2v) is 5.48. The van der Waals surface area contributed by atoms with Crippen LogP contribution in [0.2, 0.25) is 0 Å². The molecule has 1 rings (SSSR count). The minimum Gasteiger partial charge on any atom is -0.444 e. The fraction of sp³-hybridized carbons (Fsp3) is 0.833. The Hall–Kier alpha value is -1.30. The van der Waals surface area contributed by atoms with Crippen LogP contribution in [0.5, 0.6) is 0 Å². The summed E-state index contributed by atoms with van der Waals surface area (Å²) in [5.74, 6) is -0.0280. The zero-order valence-corrected chi connectivity index (χ0v) is 11.2. The van der Waals surface area contributed by atoms with Crippen LogP contribution in [-0.2, 0) is 9.53 Å². The average Bonchev–Trinajstić information content (AvgIpc) is 2.49. The standard InChI is InChI=1S/C12H22N2O4/c1-12(2,3)18-11(17)13-5-4-6-14-8-9(15)7-10(14)16/h9,15H,4-8H2,1-3H3,(H,13,17). The minimum absolute atomic E-state index is 0.0280. The topological polar surface area (TPSA) is 78.9 Å². The maximum atomic E-state index is 11.4. The highest BCUT2D eigenvalue weighted by molar-refractivity contribution is 5.78. The fourth-order valence-electron chi connectivity index (χ4n) is 1.74. The molecule has 0 aromatic heterocycles. The van der Waals surface area contributed by atoms with Gasteiger partial charge < -0.3 is 20.1 Å². The molecule has 6 heteroatoms. The van der Waals surface area contributed by atoms with Crippen molar-refractivity contribution in [1.29, 1.82) is 0 Å². The first-order chi connectivity index (χ1) is 8.28. The van der Waals surface area contributed by atoms with Crippen LogP contribution in [0.4, 0.5) is 4.79 Å². The first kappa shape index (κ1) is 14.8. The van der Waals surface area contributed by atoms with Crippen molar-refractivity contribution in [2.75, 3.05) is 19.6 Å². The lowest BCUT2D eigenvalue weighted by Crippen LogP contribution is -2.35. The number of β-amino-alcohol motifs (C(OH)–C–C–N with tert-alkyl or cyclic N) is 1. The maximum Gasteiger partial charge on any atom is 0.407 e. The van der Waals surface area contributed by atoms with Crippen LogP contribution in [0.25, 0.3) is 0 Å². The van der Waals surface area contributed by atoms with E-state index < -0.39 is 17.8 Å². The molecule has 0 aromatic carbocycles. The number of carbonyl (C=O) groups excluding carboxylic acids is 2. The lowest BCUT2D eigenvalue weighted by atomic mass is 10.2. The number of amides is 2. The Morgan fingerprint density at radius 1 is 1.56 bits per heavy atom. The fourth-order valence-corrected chi connectivity index (χ4v) is 1.74. The van der Waals surface area contributed by atoms with E-state index in [0.717, 1.165) is 0 Å². The highest BCUT2D eigenvalue weighted by Crippen LogP contribution is 2.10. The Bertz CT molecular complexity index is 312. The normalized spacial score (nSPS) is 20.1. The van der Waals surface area contributed by atoms with Crippen LogP contribution in [0.15, 0.2) is 0 Å². The van der Waals surface area contributed by atoms with Gasteiger partial charge in [-0.25, -0.2) is 4.79 Å². The molecule has 1 fully saturated rings. The van der Waals surface area contributed by atoms with Gasteiger partial charge in [-0.05, 0) is 27.2 Å². The molecule has 1 aliphatic rings. The molecular weight excluding hydrogens is 236 g/mol. The highest BCUT2D eigenvalue weighted by atomic mass is 16.6. The van der Waals surface area contributed by atoms with Crippen molar-refractivity contribution in [2.24, 2.45) is 0 Å². The van der Waals surface area contributed by atoms with Gasteiger partial charge in [-0.3, -0.25) is 4.79 Å². The van der Waals surface area contributed by atoms with E-state index in [-0.39, 0.29) is 12.3 Å². The number of ether oxygens (including phenoxy) is 1. The van der Waals surface area contributed by atoms with Gasteiger partial charge in [0.1, 0.15) is 5.60 Å². The molecule has 1 aliphatic heterocycles. The Kier molecular flexibility index (Phi) is 4.95. The number of aliphatic hydroxyl groups excluding tert-OH is 1. The largest absolute Gasteiger partial charge is 0.444 e. The van der Waals surface area contributed by atoms with Crippen LogP contribution in [0, 0.1) is 0 Å². The summed E-state index contributed by atoms with van der Waals surface area (Å²) in [6.45, 7) is 6.80. The monoisotopic (exact) mass is 258 g/mol. The van der Waals surface area contributed by atoms with Crippen molar-refractivity contribution in [2.45, 2.75) is 45.3 Å². The van der Waals surface area contributed by atoms with Gasteiger partial charge in [0.15, 0.2) is 0 Å². The van der Waals surface area contributed by atoms with E-state index >= 15 is 0 Å². The zero-order chi connectivity index (χ0) is 13.8. The van der Waals surface area contributed by atoms with E-state index in [1.165, 1.54) is 0 Å². The van der Waals surface area contributed by atoms with Crippen molar-refractivity contribution in [1.82, 2.24) is 10.2 Å². The lowest BCUT2D eigenvalue weighted by Gasteiger charge is -2.20. The minimum atomic E-state index is -0.545. The van der Waals surface area contributed by atoms with E-state index in [4.69, 9.17) is 4.74 Å². The molecule has 0 spiro atoms. The van der Waals surface area contributed by atoms with Crippen LogP contribution in [0.1, 0.15) is 33.6 Å². The number of hydrogen-bond donors (Lipinski definition) is 2. The summed E-state index contributed by atoms with van der Waals surface area (Å²) in [5.41, 5.74) is -0.501. The number of aliphatic hydroxyl groups is 1. The lowest BCUT2D eigenvalue weighted by molar-refractivity contribution is -0.127. The summed E-state index contributed by atoms with van der Waals surface area (Å²) in [4.78, 5) is 24.3. The van der Waals surface area contributed by atoms with Gasteiger partial charge in [0.05, 0.1) is 12.5 Å². The summed E-state index contributed by atoms with van der Waals surface area (Å²) >= 11 is 0. The zero-order valence-electron chi connectivity index (χ0n) is 11.2. The molecule has 0 bridgehead atoms. The van der Waals surface area contributed by atoms with Crippen LogP contribution >= 0.6 is 0 Å². The number of carbonyl (C=O) groups is 2. The predicted molar refractivity (Wildman–Crippen MR) is 66.1 cm³/mol. The quantitative estimate of drug-likeness (QED) is 0.719. The van der Waals surface area contributed by atoms with Gasteiger partial charge in [0.2, 0.25) is 5.91 Å². The van der Waals surface area contributed by atoms with E-state index in [0.29, 0.717) is 26.1 Å². The van der Waals surface area contributed by atoms with E-state index in [9.17, 15) is 14.7 Å². The highest BCUT2D eigenvalue weighted by Gasteiger charge is 2.27. The van der Waals surface area contributed by atoms with E-state index in [2.05, 4.69) is 5.32 Å². The van der Waals surface area contributed by atoms with Crippen molar-refractivity contribution >= 4 is 12.0 Å². The molecule has 0 radical (unpaired) electrons. The first-order valence-electron chi connectivity index (χ1n) is 6.20. The molecule has 2 amide bonds. The summed E-state index contributed by atoms with van der Waals surface area (Å²) < 4.78 is 5.08. The Labute approximate surface area is 107 Å². The second kappa shape index (κ2) is 6.04. The molecular formula is C12H22N2O4. The van der Waals surface area contributed by atoms with Gasteiger partial charge >= 0.3 is 6.09 Å². The molecule has 0 aromatic rings. The number of hydrogen-bond acceptors (Lipinski definition) is 4. The predicted octanol–water partition coefficient (Wildman–Crippen LogP) is 0.494. The summed E-state index contributed by atoms with van der Waals surface area (Å²) in [6, 6.07) is 0. The average molecular weight is 258 g/mol. The molecule has 1 atom stereocenters. The van der Waals surface area contributed by atoms with Crippen LogP contribution in [0.3, 0.4) is 0 Å². The summed E-state index contributed by atoms with van der Waals surface area (Å²) in [7, 11) is 0. The van der Waals surface area contributed by atoms with Crippen molar-refractivity contribution < 1.29 is 19.4 Å². The van der Waals surface area contributed by atoms with Crippen LogP contribution in [-0.4, -0.2) is 53.3 Å². The first-order valence-corrected chi connectivity index (χ1v) is 6.20. The molecule has 1 unspecified atom stereocenters. The van der Waals surface area contributed by atoms with Crippen molar-refractivity contribution in [3.8, 4) is 0 Å². The second-order valence-electron chi connectivity index (χ2n) is 5.48. The Morgan fingerprint density at radius 2 is 2.22 bits per heavy atom. The number of nitrogens with one attached hydrogen (secondary N) is 1. The molecule has 104 valence electrons. The number of likely N-dealkylation sites (tertiary alicyclic amines) is 1. The maximum absolute atomic E-state index is 11.4. The Balaban J connectivity index is 2.12. The van der Waals surface area contributed by atoms with Gasteiger partial charge in [-0.1, -0.05) is 0 Å². The van der Waals surface area contributed by atoms with Crippen molar-refractivity contribution in [3.05, 3.63) is 0 Å². The third kappa shape index (κ3) is 5.35. The molecule has 2 N–H and O–H groups in total. The number of nitrogens with zero attached hydrogens (tertiary/aromatic N) is 1. The number of rotatable bonds is 4. The molecule has 18 heavy (non-hydrogen) atoms. The number of alkyl carbamates (subject to hydrolysis) is 1. The smallest absolute Gasteiger partial charge is 0.407 e. The SMILES string of the molecule is CC(C)(C)OC(=O)NCCCN1CC(O)CC1=O. The van der Waals surface area contributed by atoms with Gasteiger partial charge in [-0.2, -0.15) is 0 Å². The molecule has 6 nitrogen and oxygen atoms in total.